The fourth-order valence-corrected chi connectivity index (χ4v) is 5.55. The maximum Gasteiger partial charge on any atom is 0.305 e. The van der Waals surface area contributed by atoms with Gasteiger partial charge >= 0.3 is 17.9 Å². The molecule has 274 valence electrons. The van der Waals surface area contributed by atoms with Crippen LogP contribution in [0.5, 0.6) is 0 Å². The highest BCUT2D eigenvalue weighted by Crippen LogP contribution is 2.16. The Morgan fingerprint density at radius 1 is 0.435 bits per heavy atom. The number of hydrogen-bond acceptors (Lipinski definition) is 5. The number of hydrogen-bond donors (Lipinski definition) is 1. The van der Waals surface area contributed by atoms with E-state index in [2.05, 4.69) is 34.6 Å². The van der Waals surface area contributed by atoms with Gasteiger partial charge in [-0.15, -0.1) is 0 Å². The van der Waals surface area contributed by atoms with Crippen molar-refractivity contribution in [2.75, 3.05) is 13.2 Å². The molecule has 0 amide bonds. The average molecular weight is 655 g/mol. The Bertz CT molecular complexity index is 630. The number of carbonyl (C=O) groups excluding carboxylic acids is 2. The molecular weight excluding hydrogens is 576 g/mol. The first kappa shape index (κ1) is 46.5. The molecule has 0 saturated heterocycles. The van der Waals surface area contributed by atoms with Gasteiger partial charge in [0.1, 0.15) is 0 Å². The van der Waals surface area contributed by atoms with Crippen molar-refractivity contribution in [1.82, 2.24) is 0 Å². The van der Waals surface area contributed by atoms with Crippen LogP contribution in [0.3, 0.4) is 0 Å². The van der Waals surface area contributed by atoms with E-state index >= 15 is 0 Å². The molecular formula is C40H78O6. The quantitative estimate of drug-likeness (QED) is 0.0559. The minimum Gasteiger partial charge on any atom is -0.481 e. The normalized spacial score (nSPS) is 12.2. The lowest BCUT2D eigenvalue weighted by Crippen LogP contribution is -2.15. The fourth-order valence-electron chi connectivity index (χ4n) is 5.55. The second-order valence-electron chi connectivity index (χ2n) is 13.5. The predicted octanol–water partition coefficient (Wildman–Crippen LogP) is 12.4. The molecule has 0 saturated carbocycles. The van der Waals surface area contributed by atoms with E-state index in [-0.39, 0.29) is 11.9 Å². The molecule has 0 bridgehead atoms. The van der Waals surface area contributed by atoms with Crippen LogP contribution in [-0.2, 0) is 23.9 Å². The van der Waals surface area contributed by atoms with Crippen LogP contribution in [0, 0.1) is 11.8 Å². The molecule has 2 atom stereocenters. The lowest BCUT2D eigenvalue weighted by Gasteiger charge is -2.15. The lowest BCUT2D eigenvalue weighted by atomic mass is 10.0. The molecule has 1 N–H and O–H groups in total. The van der Waals surface area contributed by atoms with Crippen LogP contribution in [-0.4, -0.2) is 36.2 Å². The van der Waals surface area contributed by atoms with E-state index in [1.165, 1.54) is 109 Å². The first-order valence-electron chi connectivity index (χ1n) is 19.9. The summed E-state index contributed by atoms with van der Waals surface area (Å²) < 4.78 is 10.8. The van der Waals surface area contributed by atoms with Crippen molar-refractivity contribution < 1.29 is 29.0 Å². The predicted molar refractivity (Wildman–Crippen MR) is 194 cm³/mol. The number of ether oxygens (including phenoxy) is 2. The van der Waals surface area contributed by atoms with Gasteiger partial charge in [0.2, 0.25) is 0 Å². The number of rotatable bonds is 33. The third-order valence-electron chi connectivity index (χ3n) is 9.05. The van der Waals surface area contributed by atoms with Crippen LogP contribution in [0.1, 0.15) is 214 Å². The van der Waals surface area contributed by atoms with Crippen LogP contribution in [0.25, 0.3) is 0 Å². The van der Waals surface area contributed by atoms with Gasteiger partial charge in [0.25, 0.3) is 0 Å². The van der Waals surface area contributed by atoms with E-state index in [0.29, 0.717) is 57.2 Å². The number of esters is 2. The SMILES string of the molecule is CCCCC(CC)COC(=O)CCCCC(=O)OCC(CC)CCCC.CCCCCCCCCCCCCCCCCC(=O)O. The smallest absolute Gasteiger partial charge is 0.305 e. The van der Waals surface area contributed by atoms with Gasteiger partial charge in [0.15, 0.2) is 0 Å². The summed E-state index contributed by atoms with van der Waals surface area (Å²) in [6.07, 6.45) is 31.5. The Hall–Kier alpha value is -1.59. The Morgan fingerprint density at radius 2 is 0.739 bits per heavy atom. The molecule has 2 unspecified atom stereocenters. The zero-order chi connectivity index (χ0) is 34.5. The largest absolute Gasteiger partial charge is 0.481 e. The highest BCUT2D eigenvalue weighted by Gasteiger charge is 2.12. The molecule has 0 aliphatic carbocycles. The molecule has 0 fully saturated rings. The Labute approximate surface area is 285 Å². The number of unbranched alkanes of at least 4 members (excludes halogenated alkanes) is 17. The van der Waals surface area contributed by atoms with Gasteiger partial charge < -0.3 is 14.6 Å². The molecule has 6 nitrogen and oxygen atoms in total. The summed E-state index contributed by atoms with van der Waals surface area (Å²) in [6.45, 7) is 12.0. The first-order valence-corrected chi connectivity index (χ1v) is 19.9. The van der Waals surface area contributed by atoms with Crippen LogP contribution in [0.2, 0.25) is 0 Å². The molecule has 0 heterocycles. The highest BCUT2D eigenvalue weighted by atomic mass is 16.5. The summed E-state index contributed by atoms with van der Waals surface area (Å²) in [7, 11) is 0. The molecule has 46 heavy (non-hydrogen) atoms. The molecule has 0 aromatic carbocycles. The van der Waals surface area contributed by atoms with Crippen LogP contribution < -0.4 is 0 Å². The second kappa shape index (κ2) is 37.9. The van der Waals surface area contributed by atoms with Gasteiger partial charge in [-0.25, -0.2) is 0 Å². The summed E-state index contributed by atoms with van der Waals surface area (Å²) in [4.78, 5) is 33.9. The van der Waals surface area contributed by atoms with Crippen LogP contribution in [0.4, 0.5) is 0 Å². The van der Waals surface area contributed by atoms with Crippen molar-refractivity contribution in [3.05, 3.63) is 0 Å². The number of carbonyl (C=O) groups is 3. The highest BCUT2D eigenvalue weighted by molar-refractivity contribution is 5.70. The summed E-state index contributed by atoms with van der Waals surface area (Å²) in [6, 6.07) is 0. The van der Waals surface area contributed by atoms with Gasteiger partial charge in [-0.3, -0.25) is 14.4 Å². The summed E-state index contributed by atoms with van der Waals surface area (Å²) >= 11 is 0. The van der Waals surface area contributed by atoms with E-state index < -0.39 is 5.97 Å². The van der Waals surface area contributed by atoms with Crippen LogP contribution in [0.15, 0.2) is 0 Å². The Morgan fingerprint density at radius 3 is 1.04 bits per heavy atom. The standard InChI is InChI=1S/C22H42O4.C18H36O2/c1-5-9-13-19(7-3)17-25-21(23)15-11-12-16-22(24)26-18-20(8-4)14-10-6-2;1-2-3-4-5-6-7-8-9-10-11-12-13-14-15-16-17-18(19)20/h19-20H,5-18H2,1-4H3;2-17H2,1H3,(H,19,20). The molecule has 0 aromatic heterocycles. The minimum atomic E-state index is -0.653. The zero-order valence-corrected chi connectivity index (χ0v) is 31.4. The van der Waals surface area contributed by atoms with Crippen molar-refractivity contribution in [1.29, 1.82) is 0 Å². The Balaban J connectivity index is 0. The topological polar surface area (TPSA) is 89.9 Å². The third-order valence-corrected chi connectivity index (χ3v) is 9.05. The van der Waals surface area contributed by atoms with E-state index in [1.807, 2.05) is 0 Å². The first-order chi connectivity index (χ1) is 22.3. The van der Waals surface area contributed by atoms with Gasteiger partial charge in [-0.1, -0.05) is 163 Å². The van der Waals surface area contributed by atoms with Crippen molar-refractivity contribution >= 4 is 17.9 Å². The second-order valence-corrected chi connectivity index (χ2v) is 13.5. The Kier molecular flexibility index (Phi) is 38.3. The fraction of sp³-hybridized carbons (Fsp3) is 0.925. The summed E-state index contributed by atoms with van der Waals surface area (Å²) in [5, 5.41) is 8.52. The molecule has 0 spiro atoms. The van der Waals surface area contributed by atoms with E-state index in [9.17, 15) is 14.4 Å². The van der Waals surface area contributed by atoms with Gasteiger partial charge in [0.05, 0.1) is 13.2 Å². The van der Waals surface area contributed by atoms with E-state index in [1.54, 1.807) is 0 Å². The van der Waals surface area contributed by atoms with Crippen molar-refractivity contribution in [2.24, 2.45) is 11.8 Å². The molecule has 0 aliphatic rings. The molecule has 0 aromatic rings. The average Bonchev–Trinajstić information content (AvgIpc) is 3.05. The maximum atomic E-state index is 11.8. The molecule has 0 rings (SSSR count). The number of carboxylic acids is 1. The zero-order valence-electron chi connectivity index (χ0n) is 31.4. The van der Waals surface area contributed by atoms with Gasteiger partial charge in [0, 0.05) is 19.3 Å². The van der Waals surface area contributed by atoms with Crippen molar-refractivity contribution in [2.45, 2.75) is 214 Å². The van der Waals surface area contributed by atoms with E-state index in [0.717, 1.165) is 38.5 Å². The molecule has 6 heteroatoms. The minimum absolute atomic E-state index is 0.140. The summed E-state index contributed by atoms with van der Waals surface area (Å²) in [5.41, 5.74) is 0. The van der Waals surface area contributed by atoms with Crippen LogP contribution >= 0.6 is 0 Å². The summed E-state index contributed by atoms with van der Waals surface area (Å²) in [5.74, 6) is 0.0266. The third kappa shape index (κ3) is 36.9. The molecule has 0 aliphatic heterocycles. The van der Waals surface area contributed by atoms with Crippen molar-refractivity contribution in [3.63, 3.8) is 0 Å². The maximum absolute atomic E-state index is 11.8. The van der Waals surface area contributed by atoms with Crippen molar-refractivity contribution in [3.8, 4) is 0 Å². The van der Waals surface area contributed by atoms with E-state index in [4.69, 9.17) is 14.6 Å². The number of carboxylic acid groups (broad SMARTS) is 1. The monoisotopic (exact) mass is 655 g/mol. The van der Waals surface area contributed by atoms with Gasteiger partial charge in [-0.2, -0.15) is 0 Å². The van der Waals surface area contributed by atoms with Gasteiger partial charge in [-0.05, 0) is 43.9 Å². The number of aliphatic carboxylic acids is 1. The lowest BCUT2D eigenvalue weighted by molar-refractivity contribution is -0.147. The molecule has 0 radical (unpaired) electrons.